The molecule has 0 aliphatic rings. The molecule has 0 aromatic carbocycles. The first-order chi connectivity index (χ1) is 7.46. The Labute approximate surface area is 98.2 Å². The van der Waals surface area contributed by atoms with Crippen molar-refractivity contribution in [1.82, 2.24) is 5.32 Å². The van der Waals surface area contributed by atoms with Gasteiger partial charge in [-0.15, -0.1) is 0 Å². The van der Waals surface area contributed by atoms with Gasteiger partial charge < -0.3 is 14.5 Å². The van der Waals surface area contributed by atoms with E-state index in [4.69, 9.17) is 9.15 Å². The third-order valence-corrected chi connectivity index (χ3v) is 2.48. The van der Waals surface area contributed by atoms with E-state index in [2.05, 4.69) is 26.1 Å². The molecule has 3 nitrogen and oxygen atoms in total. The highest BCUT2D eigenvalue weighted by Crippen LogP contribution is 2.30. The van der Waals surface area contributed by atoms with Crippen LogP contribution in [0, 0.1) is 5.41 Å². The molecular weight excluding hydrogens is 202 g/mol. The maximum atomic E-state index is 5.74. The third kappa shape index (κ3) is 3.99. The van der Waals surface area contributed by atoms with Gasteiger partial charge in [-0.05, 0) is 31.0 Å². The summed E-state index contributed by atoms with van der Waals surface area (Å²) in [5.41, 5.74) is 0.280. The van der Waals surface area contributed by atoms with E-state index >= 15 is 0 Å². The van der Waals surface area contributed by atoms with Crippen molar-refractivity contribution in [2.45, 2.75) is 39.8 Å². The van der Waals surface area contributed by atoms with E-state index in [1.54, 1.807) is 7.11 Å². The molecule has 1 heterocycles. The van der Waals surface area contributed by atoms with Gasteiger partial charge in [-0.25, -0.2) is 0 Å². The predicted molar refractivity (Wildman–Crippen MR) is 65.3 cm³/mol. The molecule has 92 valence electrons. The molecule has 1 N–H and O–H groups in total. The maximum absolute atomic E-state index is 5.74. The Balaban J connectivity index is 2.71. The molecule has 0 radical (unpaired) electrons. The smallest absolute Gasteiger partial charge is 0.129 e. The second-order valence-electron chi connectivity index (χ2n) is 5.34. The molecule has 0 spiro atoms. The molecule has 1 unspecified atom stereocenters. The molecule has 0 saturated carbocycles. The van der Waals surface area contributed by atoms with Crippen molar-refractivity contribution in [1.29, 1.82) is 0 Å². The summed E-state index contributed by atoms with van der Waals surface area (Å²) in [5.74, 6) is 1.87. The fourth-order valence-electron chi connectivity index (χ4n) is 1.76. The Hall–Kier alpha value is -0.800. The molecule has 0 saturated heterocycles. The summed E-state index contributed by atoms with van der Waals surface area (Å²) in [4.78, 5) is 0. The fourth-order valence-corrected chi connectivity index (χ4v) is 1.76. The van der Waals surface area contributed by atoms with E-state index in [0.717, 1.165) is 17.9 Å². The van der Waals surface area contributed by atoms with Crippen LogP contribution in [0.5, 0.6) is 0 Å². The fraction of sp³-hybridized carbons (Fsp3) is 0.692. The van der Waals surface area contributed by atoms with Gasteiger partial charge >= 0.3 is 0 Å². The minimum Gasteiger partial charge on any atom is -0.462 e. The van der Waals surface area contributed by atoms with Crippen molar-refractivity contribution in [3.8, 4) is 0 Å². The van der Waals surface area contributed by atoms with Crippen LogP contribution in [-0.4, -0.2) is 14.2 Å². The van der Waals surface area contributed by atoms with E-state index in [9.17, 15) is 0 Å². The molecule has 1 rings (SSSR count). The summed E-state index contributed by atoms with van der Waals surface area (Å²) < 4.78 is 10.8. The van der Waals surface area contributed by atoms with Crippen LogP contribution >= 0.6 is 0 Å². The van der Waals surface area contributed by atoms with E-state index < -0.39 is 0 Å². The first kappa shape index (κ1) is 13.3. The molecule has 0 amide bonds. The standard InChI is InChI=1S/C13H23NO2/c1-13(2,3)8-11(14-4)12-7-6-10(16-12)9-15-5/h6-7,11,14H,8-9H2,1-5H3. The van der Waals surface area contributed by atoms with Gasteiger partial charge in [-0.1, -0.05) is 20.8 Å². The monoisotopic (exact) mass is 225 g/mol. The van der Waals surface area contributed by atoms with Crippen LogP contribution in [-0.2, 0) is 11.3 Å². The van der Waals surface area contributed by atoms with Gasteiger partial charge in [0.1, 0.15) is 18.1 Å². The second-order valence-corrected chi connectivity index (χ2v) is 5.34. The van der Waals surface area contributed by atoms with E-state index in [0.29, 0.717) is 6.61 Å². The number of hydrogen-bond donors (Lipinski definition) is 1. The van der Waals surface area contributed by atoms with Gasteiger partial charge in [0.25, 0.3) is 0 Å². The Morgan fingerprint density at radius 1 is 1.38 bits per heavy atom. The van der Waals surface area contributed by atoms with Crippen LogP contribution in [0.2, 0.25) is 0 Å². The van der Waals surface area contributed by atoms with Crippen LogP contribution in [0.1, 0.15) is 44.8 Å². The summed E-state index contributed by atoms with van der Waals surface area (Å²) in [7, 11) is 3.64. The van der Waals surface area contributed by atoms with Crippen LogP contribution in [0.15, 0.2) is 16.5 Å². The van der Waals surface area contributed by atoms with Crippen LogP contribution in [0.3, 0.4) is 0 Å². The lowest BCUT2D eigenvalue weighted by Crippen LogP contribution is -2.22. The molecule has 0 bridgehead atoms. The summed E-state index contributed by atoms with van der Waals surface area (Å²) in [6.45, 7) is 7.23. The molecule has 1 aromatic rings. The summed E-state index contributed by atoms with van der Waals surface area (Å²) in [6, 6.07) is 4.28. The van der Waals surface area contributed by atoms with Gasteiger partial charge in [-0.2, -0.15) is 0 Å². The number of furan rings is 1. The molecule has 1 atom stereocenters. The summed E-state index contributed by atoms with van der Waals surface area (Å²) in [5, 5.41) is 3.30. The SMILES string of the molecule is CNC(CC(C)(C)C)c1ccc(COC)o1. The zero-order valence-electron chi connectivity index (χ0n) is 11.0. The summed E-state index contributed by atoms with van der Waals surface area (Å²) >= 11 is 0. The van der Waals surface area contributed by atoms with Gasteiger partial charge in [0.2, 0.25) is 0 Å². The Morgan fingerprint density at radius 2 is 2.06 bits per heavy atom. The van der Waals surface area contributed by atoms with Crippen LogP contribution in [0.25, 0.3) is 0 Å². The lowest BCUT2D eigenvalue weighted by molar-refractivity contribution is 0.160. The Bertz CT molecular complexity index is 312. The highest BCUT2D eigenvalue weighted by atomic mass is 16.5. The number of nitrogens with one attached hydrogen (secondary N) is 1. The highest BCUT2D eigenvalue weighted by molar-refractivity contribution is 5.10. The van der Waals surface area contributed by atoms with Crippen molar-refractivity contribution >= 4 is 0 Å². The van der Waals surface area contributed by atoms with Gasteiger partial charge in [0.05, 0.1) is 6.04 Å². The summed E-state index contributed by atoms with van der Waals surface area (Å²) in [6.07, 6.45) is 1.05. The molecule has 16 heavy (non-hydrogen) atoms. The van der Waals surface area contributed by atoms with Gasteiger partial charge in [0, 0.05) is 7.11 Å². The largest absolute Gasteiger partial charge is 0.462 e. The quantitative estimate of drug-likeness (QED) is 0.836. The average Bonchev–Trinajstić information content (AvgIpc) is 2.62. The number of rotatable bonds is 5. The molecule has 0 aliphatic carbocycles. The number of ether oxygens (including phenoxy) is 1. The Kier molecular flexibility index (Phi) is 4.56. The average molecular weight is 225 g/mol. The van der Waals surface area contributed by atoms with Crippen molar-refractivity contribution in [3.05, 3.63) is 23.7 Å². The first-order valence-electron chi connectivity index (χ1n) is 5.71. The van der Waals surface area contributed by atoms with Crippen LogP contribution in [0.4, 0.5) is 0 Å². The zero-order chi connectivity index (χ0) is 12.2. The molecule has 0 aliphatic heterocycles. The van der Waals surface area contributed by atoms with Gasteiger partial charge in [0.15, 0.2) is 0 Å². The Morgan fingerprint density at radius 3 is 2.56 bits per heavy atom. The lowest BCUT2D eigenvalue weighted by atomic mass is 9.87. The molecule has 3 heteroatoms. The minimum absolute atomic E-state index is 0.269. The van der Waals surface area contributed by atoms with E-state index in [1.807, 2.05) is 19.2 Å². The number of methoxy groups -OCH3 is 1. The van der Waals surface area contributed by atoms with E-state index in [1.165, 1.54) is 0 Å². The van der Waals surface area contributed by atoms with Crippen molar-refractivity contribution in [2.24, 2.45) is 5.41 Å². The van der Waals surface area contributed by atoms with Crippen molar-refractivity contribution < 1.29 is 9.15 Å². The van der Waals surface area contributed by atoms with Gasteiger partial charge in [-0.3, -0.25) is 0 Å². The topological polar surface area (TPSA) is 34.4 Å². The normalized spacial score (nSPS) is 14.1. The predicted octanol–water partition coefficient (Wildman–Crippen LogP) is 3.12. The first-order valence-corrected chi connectivity index (χ1v) is 5.71. The third-order valence-electron chi connectivity index (χ3n) is 2.48. The van der Waals surface area contributed by atoms with Crippen LogP contribution < -0.4 is 5.32 Å². The van der Waals surface area contributed by atoms with Crippen molar-refractivity contribution in [2.75, 3.05) is 14.2 Å². The zero-order valence-corrected chi connectivity index (χ0v) is 11.0. The molecule has 0 fully saturated rings. The maximum Gasteiger partial charge on any atom is 0.129 e. The van der Waals surface area contributed by atoms with Crippen molar-refractivity contribution in [3.63, 3.8) is 0 Å². The highest BCUT2D eigenvalue weighted by Gasteiger charge is 2.21. The molecular formula is C13H23NO2. The lowest BCUT2D eigenvalue weighted by Gasteiger charge is -2.24. The molecule has 1 aromatic heterocycles. The second kappa shape index (κ2) is 5.51. The minimum atomic E-state index is 0.269. The van der Waals surface area contributed by atoms with E-state index in [-0.39, 0.29) is 11.5 Å². The number of hydrogen-bond acceptors (Lipinski definition) is 3.